The summed E-state index contributed by atoms with van der Waals surface area (Å²) < 4.78 is 5.81. The second-order valence-corrected chi connectivity index (χ2v) is 4.30. The zero-order chi connectivity index (χ0) is 13.3. The Kier molecular flexibility index (Phi) is 3.60. The lowest BCUT2D eigenvalue weighted by Crippen LogP contribution is -2.30. The summed E-state index contributed by atoms with van der Waals surface area (Å²) in [6.45, 7) is -0.215. The van der Waals surface area contributed by atoms with E-state index >= 15 is 0 Å². The summed E-state index contributed by atoms with van der Waals surface area (Å²) in [7, 11) is 1.23. The zero-order valence-corrected chi connectivity index (χ0v) is 9.80. The van der Waals surface area contributed by atoms with Crippen LogP contribution in [0.25, 0.3) is 0 Å². The molecule has 3 N–H and O–H groups in total. The lowest BCUT2D eigenvalue weighted by atomic mass is 10.1. The predicted molar refractivity (Wildman–Crippen MR) is 57.6 cm³/mol. The molecule has 0 aromatic carbocycles. The Labute approximate surface area is 103 Å². The number of methoxy groups -OCH3 is 1. The van der Waals surface area contributed by atoms with Crippen LogP contribution in [0.5, 0.6) is 0 Å². The fraction of sp³-hybridized carbons (Fsp3) is 0.700. The van der Waals surface area contributed by atoms with Crippen molar-refractivity contribution in [1.29, 1.82) is 0 Å². The van der Waals surface area contributed by atoms with E-state index < -0.39 is 30.1 Å². The Morgan fingerprint density at radius 1 is 1.56 bits per heavy atom. The molecule has 4 atom stereocenters. The molecule has 0 saturated heterocycles. The molecule has 2 rings (SSSR count). The molecule has 0 aliphatic heterocycles. The van der Waals surface area contributed by atoms with Gasteiger partial charge in [0.2, 0.25) is 0 Å². The van der Waals surface area contributed by atoms with E-state index in [1.54, 1.807) is 0 Å². The van der Waals surface area contributed by atoms with Gasteiger partial charge in [0.15, 0.2) is 5.69 Å². The van der Waals surface area contributed by atoms with Crippen molar-refractivity contribution in [1.82, 2.24) is 15.0 Å². The summed E-state index contributed by atoms with van der Waals surface area (Å²) in [4.78, 5) is 11.2. The van der Waals surface area contributed by atoms with Crippen molar-refractivity contribution in [3.05, 3.63) is 11.9 Å². The van der Waals surface area contributed by atoms with Crippen molar-refractivity contribution in [2.24, 2.45) is 5.92 Å². The quantitative estimate of drug-likeness (QED) is 0.555. The van der Waals surface area contributed by atoms with Gasteiger partial charge in [-0.05, 0) is 6.42 Å². The normalized spacial score (nSPS) is 31.6. The first-order valence-electron chi connectivity index (χ1n) is 5.55. The molecule has 0 bridgehead atoms. The topological polar surface area (TPSA) is 118 Å². The van der Waals surface area contributed by atoms with Gasteiger partial charge >= 0.3 is 5.97 Å². The van der Waals surface area contributed by atoms with Crippen LogP contribution in [0.15, 0.2) is 6.20 Å². The SMILES string of the molecule is COC(=O)c1cn([C@@H]2C[C@H](CO)[C@@H](O)[C@H]2O)nn1. The monoisotopic (exact) mass is 257 g/mol. The number of carbonyl (C=O) groups excluding carboxylic acids is 1. The Balaban J connectivity index is 2.17. The molecular formula is C10H15N3O5. The van der Waals surface area contributed by atoms with Crippen LogP contribution < -0.4 is 0 Å². The van der Waals surface area contributed by atoms with Crippen LogP contribution >= 0.6 is 0 Å². The summed E-state index contributed by atoms with van der Waals surface area (Å²) in [5, 5.41) is 36.0. The van der Waals surface area contributed by atoms with E-state index in [-0.39, 0.29) is 12.3 Å². The Hall–Kier alpha value is -1.51. The van der Waals surface area contributed by atoms with E-state index in [2.05, 4.69) is 15.0 Å². The Morgan fingerprint density at radius 3 is 2.83 bits per heavy atom. The summed E-state index contributed by atoms with van der Waals surface area (Å²) in [6, 6.07) is -0.511. The molecule has 1 heterocycles. The van der Waals surface area contributed by atoms with Crippen molar-refractivity contribution < 1.29 is 24.9 Å². The van der Waals surface area contributed by atoms with Crippen LogP contribution in [0.3, 0.4) is 0 Å². The molecule has 0 spiro atoms. The smallest absolute Gasteiger partial charge is 0.360 e. The van der Waals surface area contributed by atoms with Crippen LogP contribution in [0, 0.1) is 5.92 Å². The van der Waals surface area contributed by atoms with Crippen LogP contribution in [-0.4, -0.2) is 62.2 Å². The first kappa shape index (κ1) is 12.9. The van der Waals surface area contributed by atoms with E-state index in [9.17, 15) is 15.0 Å². The number of aromatic nitrogens is 3. The highest BCUT2D eigenvalue weighted by atomic mass is 16.5. The van der Waals surface area contributed by atoms with Crippen molar-refractivity contribution in [2.75, 3.05) is 13.7 Å². The van der Waals surface area contributed by atoms with Gasteiger partial charge in [-0.15, -0.1) is 5.10 Å². The summed E-state index contributed by atoms with van der Waals surface area (Å²) in [5.74, 6) is -1.02. The van der Waals surface area contributed by atoms with E-state index in [0.29, 0.717) is 6.42 Å². The number of hydrogen-bond donors (Lipinski definition) is 3. The number of aliphatic hydroxyl groups is 3. The number of ether oxygens (including phenoxy) is 1. The van der Waals surface area contributed by atoms with Crippen molar-refractivity contribution in [2.45, 2.75) is 24.7 Å². The zero-order valence-electron chi connectivity index (χ0n) is 9.80. The lowest BCUT2D eigenvalue weighted by molar-refractivity contribution is -0.00554. The van der Waals surface area contributed by atoms with Gasteiger partial charge in [0.1, 0.15) is 6.10 Å². The third kappa shape index (κ3) is 2.09. The predicted octanol–water partition coefficient (Wildman–Crippen LogP) is -1.66. The number of rotatable bonds is 3. The lowest BCUT2D eigenvalue weighted by Gasteiger charge is -2.16. The molecule has 100 valence electrons. The van der Waals surface area contributed by atoms with Crippen molar-refractivity contribution >= 4 is 5.97 Å². The number of carbonyl (C=O) groups is 1. The van der Waals surface area contributed by atoms with Gasteiger partial charge in [-0.3, -0.25) is 0 Å². The van der Waals surface area contributed by atoms with E-state index in [0.717, 1.165) is 0 Å². The third-order valence-corrected chi connectivity index (χ3v) is 3.25. The van der Waals surface area contributed by atoms with Crippen LogP contribution in [0.2, 0.25) is 0 Å². The van der Waals surface area contributed by atoms with Crippen LogP contribution in [0.4, 0.5) is 0 Å². The van der Waals surface area contributed by atoms with E-state index in [4.69, 9.17) is 5.11 Å². The molecule has 8 nitrogen and oxygen atoms in total. The Morgan fingerprint density at radius 2 is 2.28 bits per heavy atom. The third-order valence-electron chi connectivity index (χ3n) is 3.25. The average Bonchev–Trinajstić information content (AvgIpc) is 2.96. The molecule has 1 aromatic rings. The minimum Gasteiger partial charge on any atom is -0.464 e. The van der Waals surface area contributed by atoms with Crippen LogP contribution in [-0.2, 0) is 4.74 Å². The molecule has 1 saturated carbocycles. The average molecular weight is 257 g/mol. The second kappa shape index (κ2) is 5.01. The molecule has 0 radical (unpaired) electrons. The minimum atomic E-state index is -1.05. The molecule has 0 unspecified atom stereocenters. The highest BCUT2D eigenvalue weighted by Gasteiger charge is 2.42. The largest absolute Gasteiger partial charge is 0.464 e. The molecule has 1 aliphatic carbocycles. The first-order valence-corrected chi connectivity index (χ1v) is 5.55. The van der Waals surface area contributed by atoms with E-state index in [1.807, 2.05) is 0 Å². The van der Waals surface area contributed by atoms with Crippen molar-refractivity contribution in [3.63, 3.8) is 0 Å². The number of aliphatic hydroxyl groups excluding tert-OH is 3. The fourth-order valence-corrected chi connectivity index (χ4v) is 2.18. The molecule has 1 aliphatic rings. The maximum Gasteiger partial charge on any atom is 0.360 e. The van der Waals surface area contributed by atoms with Crippen molar-refractivity contribution in [3.8, 4) is 0 Å². The number of hydrogen-bond acceptors (Lipinski definition) is 7. The van der Waals surface area contributed by atoms with Gasteiger partial charge in [0.05, 0.1) is 25.5 Å². The van der Waals surface area contributed by atoms with E-state index in [1.165, 1.54) is 18.0 Å². The van der Waals surface area contributed by atoms with Gasteiger partial charge in [-0.1, -0.05) is 5.21 Å². The fourth-order valence-electron chi connectivity index (χ4n) is 2.18. The molecule has 1 fully saturated rings. The Bertz CT molecular complexity index is 435. The van der Waals surface area contributed by atoms with Gasteiger partial charge < -0.3 is 20.1 Å². The summed E-state index contributed by atoms with van der Waals surface area (Å²) >= 11 is 0. The van der Waals surface area contributed by atoms with Gasteiger partial charge in [0.25, 0.3) is 0 Å². The maximum atomic E-state index is 11.2. The second-order valence-electron chi connectivity index (χ2n) is 4.30. The van der Waals surface area contributed by atoms with Crippen LogP contribution in [0.1, 0.15) is 23.0 Å². The molecule has 8 heteroatoms. The summed E-state index contributed by atoms with van der Waals surface area (Å²) in [5.41, 5.74) is 0.0339. The molecule has 1 aromatic heterocycles. The first-order chi connectivity index (χ1) is 8.58. The van der Waals surface area contributed by atoms with Gasteiger partial charge in [-0.25, -0.2) is 9.48 Å². The minimum absolute atomic E-state index is 0.0339. The number of nitrogens with zero attached hydrogens (tertiary/aromatic N) is 3. The molecular weight excluding hydrogens is 242 g/mol. The molecule has 18 heavy (non-hydrogen) atoms. The highest BCUT2D eigenvalue weighted by molar-refractivity contribution is 5.86. The van der Waals surface area contributed by atoms with Gasteiger partial charge in [0, 0.05) is 12.5 Å². The molecule has 0 amide bonds. The highest BCUT2D eigenvalue weighted by Crippen LogP contribution is 2.34. The van der Waals surface area contributed by atoms with Gasteiger partial charge in [-0.2, -0.15) is 0 Å². The number of esters is 1. The summed E-state index contributed by atoms with van der Waals surface area (Å²) in [6.07, 6.45) is -0.338. The maximum absolute atomic E-state index is 11.2. The standard InChI is InChI=1S/C10H15N3O5/c1-18-10(17)6-3-13(12-11-6)7-2-5(4-14)8(15)9(7)16/h3,5,7-9,14-16H,2,4H2,1H3/t5-,7-,8-,9+/m1/s1.